The first-order chi connectivity index (χ1) is 9.88. The zero-order valence-electron chi connectivity index (χ0n) is 12.6. The van der Waals surface area contributed by atoms with Gasteiger partial charge in [-0.15, -0.1) is 0 Å². The molecule has 0 spiro atoms. The van der Waals surface area contributed by atoms with E-state index in [4.69, 9.17) is 0 Å². The second kappa shape index (κ2) is 6.41. The van der Waals surface area contributed by atoms with Crippen LogP contribution < -0.4 is 4.72 Å². The highest BCUT2D eigenvalue weighted by atomic mass is 32.2. The van der Waals surface area contributed by atoms with E-state index in [9.17, 15) is 8.42 Å². The molecule has 2 rings (SSSR count). The van der Waals surface area contributed by atoms with Crippen molar-refractivity contribution in [1.82, 2.24) is 14.5 Å². The van der Waals surface area contributed by atoms with Crippen LogP contribution in [0.3, 0.4) is 0 Å². The number of aryl methyl sites for hydroxylation is 4. The molecule has 0 atom stereocenters. The van der Waals surface area contributed by atoms with Crippen LogP contribution in [0.15, 0.2) is 35.2 Å². The van der Waals surface area contributed by atoms with Crippen LogP contribution in [0.2, 0.25) is 0 Å². The van der Waals surface area contributed by atoms with Gasteiger partial charge in [-0.1, -0.05) is 17.7 Å². The Morgan fingerprint density at radius 2 is 1.81 bits per heavy atom. The van der Waals surface area contributed by atoms with Gasteiger partial charge in [-0.3, -0.25) is 4.68 Å². The van der Waals surface area contributed by atoms with Crippen molar-refractivity contribution in [3.05, 3.63) is 47.3 Å². The van der Waals surface area contributed by atoms with E-state index in [1.807, 2.05) is 31.5 Å². The molecule has 0 unspecified atom stereocenters. The first-order valence-electron chi connectivity index (χ1n) is 6.96. The third kappa shape index (κ3) is 4.15. The predicted octanol–water partition coefficient (Wildman–Crippen LogP) is 2.18. The van der Waals surface area contributed by atoms with Gasteiger partial charge in [-0.25, -0.2) is 13.1 Å². The van der Waals surface area contributed by atoms with Crippen molar-refractivity contribution in [1.29, 1.82) is 0 Å². The standard InChI is InChI=1S/C15H21N3O2S/c1-12-5-7-15(8-6-12)21(19,20)16-9-4-10-18-14(3)11-13(2)17-18/h5-8,11,16H,4,9-10H2,1-3H3. The zero-order valence-corrected chi connectivity index (χ0v) is 13.4. The van der Waals surface area contributed by atoms with Gasteiger partial charge in [-0.05, 0) is 45.4 Å². The van der Waals surface area contributed by atoms with Gasteiger partial charge in [0.1, 0.15) is 0 Å². The van der Waals surface area contributed by atoms with Gasteiger partial charge in [0.2, 0.25) is 10.0 Å². The van der Waals surface area contributed by atoms with E-state index in [-0.39, 0.29) is 0 Å². The van der Waals surface area contributed by atoms with Gasteiger partial charge in [0.05, 0.1) is 10.6 Å². The van der Waals surface area contributed by atoms with Crippen molar-refractivity contribution in [3.63, 3.8) is 0 Å². The summed E-state index contributed by atoms with van der Waals surface area (Å²) in [6.45, 7) is 6.98. The first kappa shape index (κ1) is 15.7. The number of aromatic nitrogens is 2. The average molecular weight is 307 g/mol. The number of nitrogens with one attached hydrogen (secondary N) is 1. The SMILES string of the molecule is Cc1ccc(S(=O)(=O)NCCCn2nc(C)cc2C)cc1. The molecule has 21 heavy (non-hydrogen) atoms. The molecule has 0 saturated carbocycles. The molecule has 0 amide bonds. The minimum Gasteiger partial charge on any atom is -0.270 e. The Labute approximate surface area is 126 Å². The minimum atomic E-state index is -3.42. The molecular weight excluding hydrogens is 286 g/mol. The first-order valence-corrected chi connectivity index (χ1v) is 8.44. The van der Waals surface area contributed by atoms with Crippen LogP contribution in [0.25, 0.3) is 0 Å². The molecule has 1 heterocycles. The second-order valence-electron chi connectivity index (χ2n) is 5.21. The summed E-state index contributed by atoms with van der Waals surface area (Å²) in [5.41, 5.74) is 3.11. The van der Waals surface area contributed by atoms with Gasteiger partial charge in [-0.2, -0.15) is 5.10 Å². The van der Waals surface area contributed by atoms with Gasteiger partial charge in [0.25, 0.3) is 0 Å². The Morgan fingerprint density at radius 1 is 1.14 bits per heavy atom. The van der Waals surface area contributed by atoms with Crippen molar-refractivity contribution in [2.24, 2.45) is 0 Å². The van der Waals surface area contributed by atoms with E-state index in [0.29, 0.717) is 24.4 Å². The highest BCUT2D eigenvalue weighted by Gasteiger charge is 2.12. The van der Waals surface area contributed by atoms with Crippen LogP contribution in [0.1, 0.15) is 23.4 Å². The van der Waals surface area contributed by atoms with Crippen molar-refractivity contribution in [2.45, 2.75) is 38.6 Å². The second-order valence-corrected chi connectivity index (χ2v) is 6.98. The molecule has 1 aromatic carbocycles. The fourth-order valence-corrected chi connectivity index (χ4v) is 3.21. The molecule has 2 aromatic rings. The summed E-state index contributed by atoms with van der Waals surface area (Å²) in [5, 5.41) is 4.35. The van der Waals surface area contributed by atoms with Crippen LogP contribution in [-0.4, -0.2) is 24.7 Å². The van der Waals surface area contributed by atoms with Crippen molar-refractivity contribution in [3.8, 4) is 0 Å². The fourth-order valence-electron chi connectivity index (χ4n) is 2.14. The Bertz CT molecular complexity index is 703. The molecule has 0 saturated heterocycles. The molecule has 1 N–H and O–H groups in total. The molecule has 114 valence electrons. The Morgan fingerprint density at radius 3 is 2.38 bits per heavy atom. The number of hydrogen-bond acceptors (Lipinski definition) is 3. The molecule has 0 bridgehead atoms. The molecule has 1 aromatic heterocycles. The van der Waals surface area contributed by atoms with Gasteiger partial charge in [0.15, 0.2) is 0 Å². The van der Waals surface area contributed by atoms with Crippen molar-refractivity contribution in [2.75, 3.05) is 6.54 Å². The largest absolute Gasteiger partial charge is 0.270 e. The van der Waals surface area contributed by atoms with E-state index in [1.165, 1.54) is 0 Å². The molecule has 0 aliphatic rings. The van der Waals surface area contributed by atoms with Gasteiger partial charge < -0.3 is 0 Å². The number of sulfonamides is 1. The molecular formula is C15H21N3O2S. The summed E-state index contributed by atoms with van der Waals surface area (Å²) in [7, 11) is -3.42. The lowest BCUT2D eigenvalue weighted by Gasteiger charge is -2.08. The number of hydrogen-bond donors (Lipinski definition) is 1. The maximum Gasteiger partial charge on any atom is 0.240 e. The normalized spacial score (nSPS) is 11.8. The van der Waals surface area contributed by atoms with E-state index >= 15 is 0 Å². The van der Waals surface area contributed by atoms with Crippen LogP contribution in [0, 0.1) is 20.8 Å². The zero-order chi connectivity index (χ0) is 15.5. The lowest BCUT2D eigenvalue weighted by atomic mass is 10.2. The molecule has 0 fully saturated rings. The molecule has 0 radical (unpaired) electrons. The predicted molar refractivity (Wildman–Crippen MR) is 82.7 cm³/mol. The Hall–Kier alpha value is -1.66. The average Bonchev–Trinajstić information content (AvgIpc) is 2.74. The monoisotopic (exact) mass is 307 g/mol. The minimum absolute atomic E-state index is 0.305. The summed E-state index contributed by atoms with van der Waals surface area (Å²) >= 11 is 0. The van der Waals surface area contributed by atoms with Crippen molar-refractivity contribution < 1.29 is 8.42 Å². The van der Waals surface area contributed by atoms with E-state index in [0.717, 1.165) is 17.0 Å². The highest BCUT2D eigenvalue weighted by molar-refractivity contribution is 7.89. The third-order valence-electron chi connectivity index (χ3n) is 3.27. The summed E-state index contributed by atoms with van der Waals surface area (Å²) in [6, 6.07) is 8.85. The van der Waals surface area contributed by atoms with E-state index in [2.05, 4.69) is 9.82 Å². The number of benzene rings is 1. The van der Waals surface area contributed by atoms with Crippen LogP contribution >= 0.6 is 0 Å². The van der Waals surface area contributed by atoms with Gasteiger partial charge >= 0.3 is 0 Å². The molecule has 5 nitrogen and oxygen atoms in total. The summed E-state index contributed by atoms with van der Waals surface area (Å²) in [5.74, 6) is 0. The third-order valence-corrected chi connectivity index (χ3v) is 4.75. The quantitative estimate of drug-likeness (QED) is 0.832. The van der Waals surface area contributed by atoms with Crippen LogP contribution in [0.5, 0.6) is 0 Å². The Kier molecular flexibility index (Phi) is 4.80. The van der Waals surface area contributed by atoms with E-state index in [1.54, 1.807) is 24.3 Å². The lowest BCUT2D eigenvalue weighted by Crippen LogP contribution is -2.25. The highest BCUT2D eigenvalue weighted by Crippen LogP contribution is 2.10. The van der Waals surface area contributed by atoms with Crippen molar-refractivity contribution >= 4 is 10.0 Å². The number of nitrogens with zero attached hydrogens (tertiary/aromatic N) is 2. The summed E-state index contributed by atoms with van der Waals surface area (Å²) in [4.78, 5) is 0.305. The van der Waals surface area contributed by atoms with E-state index < -0.39 is 10.0 Å². The van der Waals surface area contributed by atoms with Crippen LogP contribution in [0.4, 0.5) is 0 Å². The maximum atomic E-state index is 12.1. The fraction of sp³-hybridized carbons (Fsp3) is 0.400. The molecule has 6 heteroatoms. The Balaban J connectivity index is 1.88. The number of rotatable bonds is 6. The molecule has 0 aliphatic carbocycles. The topological polar surface area (TPSA) is 64.0 Å². The summed E-state index contributed by atoms with van der Waals surface area (Å²) in [6.07, 6.45) is 0.701. The molecule has 0 aliphatic heterocycles. The summed E-state index contributed by atoms with van der Waals surface area (Å²) < 4.78 is 28.7. The van der Waals surface area contributed by atoms with Crippen LogP contribution in [-0.2, 0) is 16.6 Å². The lowest BCUT2D eigenvalue weighted by molar-refractivity contribution is 0.544. The maximum absolute atomic E-state index is 12.1. The smallest absolute Gasteiger partial charge is 0.240 e. The van der Waals surface area contributed by atoms with Gasteiger partial charge in [0, 0.05) is 18.8 Å².